The van der Waals surface area contributed by atoms with Gasteiger partial charge in [0, 0.05) is 31.1 Å². The number of nitrogens with zero attached hydrogens (tertiary/aromatic N) is 1. The summed E-state index contributed by atoms with van der Waals surface area (Å²) < 4.78 is 6.95. The Morgan fingerprint density at radius 3 is 2.84 bits per heavy atom. The zero-order chi connectivity index (χ0) is 22.3. The SMILES string of the molecule is CC1=C2C[C@H]3[C@@H](CC[C@@H]4CNC(=O)CC[C@@]43C)[C@@H]2CC[C@@]2(C1)O[C@@H]1C[C@H](C)CN=C1[C@H]2C. The normalized spacial score (nSPS) is 50.6. The number of hydrogen-bond acceptors (Lipinski definition) is 3. The first-order chi connectivity index (χ1) is 15.3. The summed E-state index contributed by atoms with van der Waals surface area (Å²) in [4.78, 5) is 17.2. The second kappa shape index (κ2) is 7.42. The van der Waals surface area contributed by atoms with E-state index < -0.39 is 0 Å². The van der Waals surface area contributed by atoms with Gasteiger partial charge in [0.2, 0.25) is 5.91 Å². The molecular weight excluding hydrogens is 396 g/mol. The predicted octanol–water partition coefficient (Wildman–Crippen LogP) is 5.32. The molecule has 4 fully saturated rings. The van der Waals surface area contributed by atoms with Crippen molar-refractivity contribution in [1.29, 1.82) is 0 Å². The number of ether oxygens (including phenoxy) is 1. The van der Waals surface area contributed by atoms with Crippen LogP contribution in [0.1, 0.15) is 85.5 Å². The summed E-state index contributed by atoms with van der Waals surface area (Å²) in [6.45, 7) is 11.6. The minimum absolute atomic E-state index is 0.0236. The number of nitrogens with one attached hydrogen (secondary N) is 1. The van der Waals surface area contributed by atoms with Gasteiger partial charge in [-0.1, -0.05) is 31.9 Å². The Morgan fingerprint density at radius 2 is 2.00 bits per heavy atom. The van der Waals surface area contributed by atoms with Crippen LogP contribution in [0.25, 0.3) is 0 Å². The fraction of sp³-hybridized carbons (Fsp3) is 0.857. The molecule has 6 rings (SSSR count). The molecule has 0 aromatic rings. The molecule has 1 N–H and O–H groups in total. The van der Waals surface area contributed by atoms with Gasteiger partial charge in [0.1, 0.15) is 0 Å². The molecule has 0 unspecified atom stereocenters. The smallest absolute Gasteiger partial charge is 0.220 e. The number of amides is 1. The van der Waals surface area contributed by atoms with Gasteiger partial charge in [-0.3, -0.25) is 9.79 Å². The van der Waals surface area contributed by atoms with Crippen LogP contribution in [0.3, 0.4) is 0 Å². The molecule has 0 aromatic carbocycles. The first-order valence-electron chi connectivity index (χ1n) is 13.5. The van der Waals surface area contributed by atoms with Gasteiger partial charge in [-0.15, -0.1) is 0 Å². The summed E-state index contributed by atoms with van der Waals surface area (Å²) >= 11 is 0. The number of allylic oxidation sites excluding steroid dienone is 1. The molecule has 2 saturated heterocycles. The third kappa shape index (κ3) is 3.03. The Hall–Kier alpha value is -1.16. The van der Waals surface area contributed by atoms with Crippen molar-refractivity contribution in [2.45, 2.75) is 97.2 Å². The van der Waals surface area contributed by atoms with Gasteiger partial charge in [0.25, 0.3) is 0 Å². The summed E-state index contributed by atoms with van der Waals surface area (Å²) in [6, 6.07) is 0. The van der Waals surface area contributed by atoms with Crippen LogP contribution in [0, 0.1) is 40.9 Å². The van der Waals surface area contributed by atoms with Crippen LogP contribution in [0.2, 0.25) is 0 Å². The van der Waals surface area contributed by atoms with Crippen molar-refractivity contribution >= 4 is 11.6 Å². The van der Waals surface area contributed by atoms with E-state index in [-0.39, 0.29) is 17.6 Å². The van der Waals surface area contributed by atoms with Gasteiger partial charge in [-0.25, -0.2) is 0 Å². The number of hydrogen-bond donors (Lipinski definition) is 1. The summed E-state index contributed by atoms with van der Waals surface area (Å²) in [6.07, 6.45) is 10.7. The molecule has 3 aliphatic carbocycles. The van der Waals surface area contributed by atoms with E-state index in [2.05, 4.69) is 33.0 Å². The van der Waals surface area contributed by atoms with Crippen LogP contribution in [0.5, 0.6) is 0 Å². The molecule has 3 heterocycles. The third-order valence-corrected chi connectivity index (χ3v) is 11.1. The zero-order valence-corrected chi connectivity index (χ0v) is 20.6. The molecule has 1 spiro atoms. The van der Waals surface area contributed by atoms with Crippen molar-refractivity contribution in [2.75, 3.05) is 13.1 Å². The van der Waals surface area contributed by atoms with Gasteiger partial charge in [0.05, 0.1) is 11.7 Å². The first kappa shape index (κ1) is 21.4. The molecule has 2 saturated carbocycles. The largest absolute Gasteiger partial charge is 0.365 e. The summed E-state index contributed by atoms with van der Waals surface area (Å²) in [5.74, 6) is 4.33. The lowest BCUT2D eigenvalue weighted by atomic mass is 9.55. The van der Waals surface area contributed by atoms with Crippen LogP contribution in [-0.2, 0) is 9.53 Å². The maximum absolute atomic E-state index is 12.2. The number of rotatable bonds is 0. The lowest BCUT2D eigenvalue weighted by molar-refractivity contribution is -0.121. The molecule has 176 valence electrons. The molecule has 32 heavy (non-hydrogen) atoms. The molecular formula is C28H42N2O2. The van der Waals surface area contributed by atoms with E-state index in [1.165, 1.54) is 37.8 Å². The quantitative estimate of drug-likeness (QED) is 0.520. The predicted molar refractivity (Wildman–Crippen MR) is 128 cm³/mol. The van der Waals surface area contributed by atoms with E-state index >= 15 is 0 Å². The molecule has 0 radical (unpaired) electrons. The highest BCUT2D eigenvalue weighted by molar-refractivity contribution is 5.94. The van der Waals surface area contributed by atoms with E-state index in [1.54, 1.807) is 11.1 Å². The number of fused-ring (bicyclic) bond motifs is 6. The molecule has 0 bridgehead atoms. The monoisotopic (exact) mass is 438 g/mol. The minimum Gasteiger partial charge on any atom is -0.365 e. The highest BCUT2D eigenvalue weighted by Crippen LogP contribution is 2.63. The van der Waals surface area contributed by atoms with Crippen molar-refractivity contribution in [3.63, 3.8) is 0 Å². The van der Waals surface area contributed by atoms with Gasteiger partial charge in [-0.05, 0) is 93.3 Å². The Morgan fingerprint density at radius 1 is 1.16 bits per heavy atom. The second-order valence-corrected chi connectivity index (χ2v) is 12.7. The maximum atomic E-state index is 12.2. The topological polar surface area (TPSA) is 50.7 Å². The van der Waals surface area contributed by atoms with Crippen LogP contribution in [-0.4, -0.2) is 36.4 Å². The summed E-state index contributed by atoms with van der Waals surface area (Å²) in [5.41, 5.74) is 5.07. The zero-order valence-electron chi connectivity index (χ0n) is 20.6. The highest BCUT2D eigenvalue weighted by atomic mass is 16.5. The van der Waals surface area contributed by atoms with Crippen LogP contribution >= 0.6 is 0 Å². The van der Waals surface area contributed by atoms with E-state index in [0.29, 0.717) is 23.2 Å². The van der Waals surface area contributed by atoms with Gasteiger partial charge in [-0.2, -0.15) is 0 Å². The number of aliphatic imine (C=N–C) groups is 1. The first-order valence-corrected chi connectivity index (χ1v) is 13.5. The van der Waals surface area contributed by atoms with Crippen molar-refractivity contribution in [3.8, 4) is 0 Å². The summed E-state index contributed by atoms with van der Waals surface area (Å²) in [7, 11) is 0. The van der Waals surface area contributed by atoms with Crippen LogP contribution in [0.4, 0.5) is 0 Å². The average Bonchev–Trinajstić information content (AvgIpc) is 3.15. The minimum atomic E-state index is -0.0236. The Balaban J connectivity index is 1.29. The standard InChI is InChI=1S/C28H42N2O2/c1-16-11-24-26(30-14-16)18(3)28(32-24)10-7-20-21-6-5-19-15-29-25(31)8-9-27(19,4)23(21)12-22(20)17(2)13-28/h16,18-21,23-24H,5-15H2,1-4H3,(H,29,31)/t16-,18+,19+,20-,21-,23-,24+,27-,28-/m0/s1. The molecule has 1 amide bonds. The molecule has 6 aliphatic rings. The highest BCUT2D eigenvalue weighted by Gasteiger charge is 2.58. The van der Waals surface area contributed by atoms with E-state index in [4.69, 9.17) is 9.73 Å². The average molecular weight is 439 g/mol. The molecule has 4 nitrogen and oxygen atoms in total. The second-order valence-electron chi connectivity index (χ2n) is 12.7. The number of carbonyl (C=O) groups excluding carboxylic acids is 1. The van der Waals surface area contributed by atoms with E-state index in [1.807, 2.05) is 0 Å². The van der Waals surface area contributed by atoms with Crippen LogP contribution < -0.4 is 5.32 Å². The maximum Gasteiger partial charge on any atom is 0.220 e. The molecule has 0 aromatic heterocycles. The van der Waals surface area contributed by atoms with Gasteiger partial charge < -0.3 is 10.1 Å². The Kier molecular flexibility index (Phi) is 4.96. The molecule has 9 atom stereocenters. The fourth-order valence-corrected chi connectivity index (χ4v) is 9.16. The van der Waals surface area contributed by atoms with Gasteiger partial charge in [0.15, 0.2) is 0 Å². The molecule has 4 heteroatoms. The Labute approximate surface area is 194 Å². The lowest BCUT2D eigenvalue weighted by Gasteiger charge is -2.49. The number of carbonyl (C=O) groups is 1. The van der Waals surface area contributed by atoms with Crippen molar-refractivity contribution in [1.82, 2.24) is 5.32 Å². The van der Waals surface area contributed by atoms with Crippen molar-refractivity contribution in [3.05, 3.63) is 11.1 Å². The summed E-state index contributed by atoms with van der Waals surface area (Å²) in [5, 5.41) is 3.22. The Bertz CT molecular complexity index is 877. The van der Waals surface area contributed by atoms with Crippen LogP contribution in [0.15, 0.2) is 16.1 Å². The van der Waals surface area contributed by atoms with Crippen molar-refractivity contribution < 1.29 is 9.53 Å². The third-order valence-electron chi connectivity index (χ3n) is 11.1. The molecule has 3 aliphatic heterocycles. The van der Waals surface area contributed by atoms with E-state index in [0.717, 1.165) is 56.5 Å². The van der Waals surface area contributed by atoms with Gasteiger partial charge >= 0.3 is 0 Å². The van der Waals surface area contributed by atoms with E-state index in [9.17, 15) is 4.79 Å². The fourth-order valence-electron chi connectivity index (χ4n) is 9.16. The van der Waals surface area contributed by atoms with Crippen molar-refractivity contribution in [2.24, 2.45) is 45.9 Å². The lowest BCUT2D eigenvalue weighted by Crippen LogP contribution is -2.45.